The first kappa shape index (κ1) is 14.2. The molecule has 0 atom stereocenters. The van der Waals surface area contributed by atoms with E-state index in [1.165, 1.54) is 6.07 Å². The number of benzene rings is 2. The minimum absolute atomic E-state index is 0.286. The fourth-order valence-corrected chi connectivity index (χ4v) is 2.11. The van der Waals surface area contributed by atoms with Crippen LogP contribution in [0.4, 0.5) is 11.4 Å². The van der Waals surface area contributed by atoms with Crippen LogP contribution < -0.4 is 11.1 Å². The quantitative estimate of drug-likeness (QED) is 0.770. The van der Waals surface area contributed by atoms with Gasteiger partial charge in [-0.15, -0.1) is 0 Å². The third-order valence-corrected chi connectivity index (χ3v) is 3.71. The van der Waals surface area contributed by atoms with E-state index < -0.39 is 0 Å². The summed E-state index contributed by atoms with van der Waals surface area (Å²) >= 11 is 15.0. The van der Waals surface area contributed by atoms with Gasteiger partial charge in [0, 0.05) is 15.1 Å². The van der Waals surface area contributed by atoms with E-state index in [1.807, 2.05) is 0 Å². The smallest absolute Gasteiger partial charge is 0.255 e. The first-order chi connectivity index (χ1) is 8.97. The molecule has 0 saturated carbocycles. The van der Waals surface area contributed by atoms with Crippen LogP contribution in [0, 0.1) is 0 Å². The Balaban J connectivity index is 2.25. The van der Waals surface area contributed by atoms with Gasteiger partial charge in [-0.1, -0.05) is 23.2 Å². The van der Waals surface area contributed by atoms with Crippen molar-refractivity contribution in [1.82, 2.24) is 0 Å². The molecule has 0 bridgehead atoms. The first-order valence-corrected chi connectivity index (χ1v) is 6.83. The molecule has 0 saturated heterocycles. The number of carbonyl (C=O) groups is 1. The standard InChI is InChI=1S/C13H9BrCl2N2O/c14-9-3-2-8(15)6-12(9)18-13(19)7-1-4-10(16)11(17)5-7/h1-6H,17H2,(H,18,19). The van der Waals surface area contributed by atoms with Gasteiger partial charge in [-0.05, 0) is 52.3 Å². The number of nitrogen functional groups attached to an aromatic ring is 1. The third kappa shape index (κ3) is 3.41. The molecule has 1 amide bonds. The Kier molecular flexibility index (Phi) is 4.34. The summed E-state index contributed by atoms with van der Waals surface area (Å²) in [5.41, 5.74) is 7.04. The maximum absolute atomic E-state index is 12.1. The summed E-state index contributed by atoms with van der Waals surface area (Å²) in [5.74, 6) is -0.286. The number of amides is 1. The second-order valence-electron chi connectivity index (χ2n) is 3.81. The van der Waals surface area contributed by atoms with E-state index in [1.54, 1.807) is 30.3 Å². The summed E-state index contributed by atoms with van der Waals surface area (Å²) in [5, 5.41) is 3.70. The van der Waals surface area contributed by atoms with E-state index in [-0.39, 0.29) is 5.91 Å². The highest BCUT2D eigenvalue weighted by Crippen LogP contribution is 2.27. The van der Waals surface area contributed by atoms with Gasteiger partial charge in [0.25, 0.3) is 5.91 Å². The maximum atomic E-state index is 12.1. The Morgan fingerprint density at radius 1 is 1.16 bits per heavy atom. The molecule has 0 radical (unpaired) electrons. The molecule has 0 aliphatic heterocycles. The minimum atomic E-state index is -0.286. The third-order valence-electron chi connectivity index (χ3n) is 2.43. The molecule has 6 heteroatoms. The topological polar surface area (TPSA) is 55.1 Å². The lowest BCUT2D eigenvalue weighted by molar-refractivity contribution is 0.102. The van der Waals surface area contributed by atoms with Crippen LogP contribution in [0.3, 0.4) is 0 Å². The number of halogens is 3. The SMILES string of the molecule is Nc1cc(C(=O)Nc2cc(Cl)ccc2Br)ccc1Cl. The summed E-state index contributed by atoms with van der Waals surface area (Å²) in [6.45, 7) is 0. The second-order valence-corrected chi connectivity index (χ2v) is 5.51. The molecular weight excluding hydrogens is 351 g/mol. The van der Waals surface area contributed by atoms with Gasteiger partial charge in [0.15, 0.2) is 0 Å². The highest BCUT2D eigenvalue weighted by atomic mass is 79.9. The fourth-order valence-electron chi connectivity index (χ4n) is 1.47. The van der Waals surface area contributed by atoms with Crippen LogP contribution in [-0.2, 0) is 0 Å². The predicted molar refractivity (Wildman–Crippen MR) is 83.0 cm³/mol. The number of nitrogens with two attached hydrogens (primary N) is 1. The fraction of sp³-hybridized carbons (Fsp3) is 0. The molecule has 0 fully saturated rings. The van der Waals surface area contributed by atoms with Crippen molar-refractivity contribution in [2.24, 2.45) is 0 Å². The lowest BCUT2D eigenvalue weighted by atomic mass is 10.2. The highest BCUT2D eigenvalue weighted by molar-refractivity contribution is 9.10. The van der Waals surface area contributed by atoms with Crippen LogP contribution in [0.15, 0.2) is 40.9 Å². The normalized spacial score (nSPS) is 10.3. The van der Waals surface area contributed by atoms with Crippen LogP contribution in [-0.4, -0.2) is 5.91 Å². The summed E-state index contributed by atoms with van der Waals surface area (Å²) < 4.78 is 0.743. The van der Waals surface area contributed by atoms with Gasteiger partial charge in [-0.25, -0.2) is 0 Å². The van der Waals surface area contributed by atoms with Crippen molar-refractivity contribution in [1.29, 1.82) is 0 Å². The maximum Gasteiger partial charge on any atom is 0.255 e. The molecule has 3 N–H and O–H groups in total. The number of rotatable bonds is 2. The van der Waals surface area contributed by atoms with Crippen LogP contribution in [0.5, 0.6) is 0 Å². The van der Waals surface area contributed by atoms with Gasteiger partial charge in [-0.3, -0.25) is 4.79 Å². The zero-order valence-corrected chi connectivity index (χ0v) is 12.7. The molecule has 0 aliphatic rings. The van der Waals surface area contributed by atoms with Crippen LogP contribution >= 0.6 is 39.1 Å². The van der Waals surface area contributed by atoms with Crippen LogP contribution in [0.2, 0.25) is 10.0 Å². The number of hydrogen-bond donors (Lipinski definition) is 2. The average Bonchev–Trinajstić information content (AvgIpc) is 2.37. The molecule has 19 heavy (non-hydrogen) atoms. The number of carbonyl (C=O) groups excluding carboxylic acids is 1. The van der Waals surface area contributed by atoms with E-state index in [0.717, 1.165) is 4.47 Å². The molecule has 2 aromatic carbocycles. The highest BCUT2D eigenvalue weighted by Gasteiger charge is 2.10. The van der Waals surface area contributed by atoms with Gasteiger partial charge in [-0.2, -0.15) is 0 Å². The van der Waals surface area contributed by atoms with Crippen molar-refractivity contribution in [2.75, 3.05) is 11.1 Å². The molecular formula is C13H9BrCl2N2O. The van der Waals surface area contributed by atoms with Crippen molar-refractivity contribution in [3.05, 3.63) is 56.5 Å². The molecule has 2 aromatic rings. The van der Waals surface area contributed by atoms with Crippen LogP contribution in [0.1, 0.15) is 10.4 Å². The lowest BCUT2D eigenvalue weighted by Crippen LogP contribution is -2.12. The monoisotopic (exact) mass is 358 g/mol. The Morgan fingerprint density at radius 3 is 2.58 bits per heavy atom. The van der Waals surface area contributed by atoms with Gasteiger partial charge in [0.2, 0.25) is 0 Å². The molecule has 0 aliphatic carbocycles. The summed E-state index contributed by atoms with van der Waals surface area (Å²) in [4.78, 5) is 12.1. The molecule has 2 rings (SSSR count). The average molecular weight is 360 g/mol. The summed E-state index contributed by atoms with van der Waals surface area (Å²) in [6.07, 6.45) is 0. The van der Waals surface area contributed by atoms with E-state index in [0.29, 0.717) is 27.0 Å². The van der Waals surface area contributed by atoms with Gasteiger partial charge in [0.05, 0.1) is 16.4 Å². The van der Waals surface area contributed by atoms with Crippen molar-refractivity contribution < 1.29 is 4.79 Å². The van der Waals surface area contributed by atoms with E-state index >= 15 is 0 Å². The van der Waals surface area contributed by atoms with Gasteiger partial charge in [0.1, 0.15) is 0 Å². The Bertz CT molecular complexity index is 647. The van der Waals surface area contributed by atoms with Crippen molar-refractivity contribution in [3.63, 3.8) is 0 Å². The van der Waals surface area contributed by atoms with Crippen molar-refractivity contribution in [2.45, 2.75) is 0 Å². The van der Waals surface area contributed by atoms with Gasteiger partial charge >= 0.3 is 0 Å². The largest absolute Gasteiger partial charge is 0.398 e. The molecule has 3 nitrogen and oxygen atoms in total. The van der Waals surface area contributed by atoms with E-state index in [9.17, 15) is 4.79 Å². The number of anilines is 2. The van der Waals surface area contributed by atoms with Crippen molar-refractivity contribution in [3.8, 4) is 0 Å². The second kappa shape index (κ2) is 5.82. The lowest BCUT2D eigenvalue weighted by Gasteiger charge is -2.08. The molecule has 0 spiro atoms. The minimum Gasteiger partial charge on any atom is -0.398 e. The Hall–Kier alpha value is -1.23. The van der Waals surface area contributed by atoms with E-state index in [2.05, 4.69) is 21.2 Å². The zero-order chi connectivity index (χ0) is 14.0. The Morgan fingerprint density at radius 2 is 1.89 bits per heavy atom. The van der Waals surface area contributed by atoms with Crippen molar-refractivity contribution >= 4 is 56.4 Å². The first-order valence-electron chi connectivity index (χ1n) is 5.29. The molecule has 0 heterocycles. The van der Waals surface area contributed by atoms with Crippen LogP contribution in [0.25, 0.3) is 0 Å². The Labute approximate surface area is 128 Å². The van der Waals surface area contributed by atoms with Gasteiger partial charge < -0.3 is 11.1 Å². The molecule has 0 unspecified atom stereocenters. The summed E-state index contributed by atoms with van der Waals surface area (Å²) in [6, 6.07) is 9.85. The molecule has 0 aromatic heterocycles. The summed E-state index contributed by atoms with van der Waals surface area (Å²) in [7, 11) is 0. The molecule has 98 valence electrons. The number of hydrogen-bond acceptors (Lipinski definition) is 2. The predicted octanol–water partition coefficient (Wildman–Crippen LogP) is 4.59. The zero-order valence-electron chi connectivity index (χ0n) is 9.58. The van der Waals surface area contributed by atoms with E-state index in [4.69, 9.17) is 28.9 Å². The number of nitrogens with one attached hydrogen (secondary N) is 1.